The number of likely N-dealkylation sites (tertiary alicyclic amines) is 1. The molecule has 2 aromatic rings. The Morgan fingerprint density at radius 2 is 2.12 bits per heavy atom. The van der Waals surface area contributed by atoms with Crippen molar-refractivity contribution in [3.8, 4) is 0 Å². The first kappa shape index (κ1) is 17.7. The number of hydrogen-bond acceptors (Lipinski definition) is 6. The number of aromatic nitrogens is 2. The molecule has 0 bridgehead atoms. The number of nitrogens with one attached hydrogen (secondary N) is 1. The van der Waals surface area contributed by atoms with Crippen molar-refractivity contribution in [2.75, 3.05) is 24.7 Å². The summed E-state index contributed by atoms with van der Waals surface area (Å²) in [5, 5.41) is 12.3. The van der Waals surface area contributed by atoms with Crippen LogP contribution < -0.4 is 5.32 Å². The van der Waals surface area contributed by atoms with Crippen molar-refractivity contribution in [1.82, 2.24) is 15.1 Å². The van der Waals surface area contributed by atoms with Crippen LogP contribution in [0.25, 0.3) is 0 Å². The minimum absolute atomic E-state index is 0.0362. The van der Waals surface area contributed by atoms with Crippen LogP contribution in [0.5, 0.6) is 0 Å². The molecule has 2 heterocycles. The van der Waals surface area contributed by atoms with Crippen LogP contribution in [0.15, 0.2) is 28.6 Å². The molecular formula is C16H19ClN4OS2. The minimum Gasteiger partial charge on any atom is -0.300 e. The van der Waals surface area contributed by atoms with Gasteiger partial charge in [-0.05, 0) is 43.8 Å². The number of rotatable bonds is 5. The molecule has 3 rings (SSSR count). The zero-order valence-corrected chi connectivity index (χ0v) is 15.8. The SMILES string of the molecule is CSc1nnc(NC(=O)C2CCN(Cc3ccccc3Cl)CC2)s1. The van der Waals surface area contributed by atoms with Crippen LogP contribution in [-0.2, 0) is 11.3 Å². The van der Waals surface area contributed by atoms with E-state index in [2.05, 4.69) is 26.5 Å². The topological polar surface area (TPSA) is 58.1 Å². The Hall–Kier alpha value is -1.15. The summed E-state index contributed by atoms with van der Waals surface area (Å²) in [4.78, 5) is 14.7. The Balaban J connectivity index is 1.49. The fraction of sp³-hybridized carbons (Fsp3) is 0.438. The van der Waals surface area contributed by atoms with E-state index in [1.54, 1.807) is 0 Å². The van der Waals surface area contributed by atoms with Crippen molar-refractivity contribution in [3.63, 3.8) is 0 Å². The first-order valence-corrected chi connectivity index (χ1v) is 10.2. The molecule has 0 aliphatic carbocycles. The maximum atomic E-state index is 12.4. The third kappa shape index (κ3) is 4.47. The van der Waals surface area contributed by atoms with E-state index in [4.69, 9.17) is 11.6 Å². The first-order valence-electron chi connectivity index (χ1n) is 7.80. The lowest BCUT2D eigenvalue weighted by molar-refractivity contribution is -0.121. The van der Waals surface area contributed by atoms with E-state index >= 15 is 0 Å². The normalized spacial score (nSPS) is 16.2. The maximum absolute atomic E-state index is 12.4. The van der Waals surface area contributed by atoms with E-state index in [1.165, 1.54) is 23.1 Å². The number of carbonyl (C=O) groups is 1. The summed E-state index contributed by atoms with van der Waals surface area (Å²) >= 11 is 9.17. The summed E-state index contributed by atoms with van der Waals surface area (Å²) in [6.07, 6.45) is 3.65. The smallest absolute Gasteiger partial charge is 0.229 e. The Kier molecular flexibility index (Phi) is 6.10. The summed E-state index contributed by atoms with van der Waals surface area (Å²) in [6.45, 7) is 2.63. The zero-order valence-electron chi connectivity index (χ0n) is 13.4. The second-order valence-electron chi connectivity index (χ2n) is 5.71. The Bertz CT molecular complexity index is 701. The molecule has 24 heavy (non-hydrogen) atoms. The van der Waals surface area contributed by atoms with Gasteiger partial charge in [0.1, 0.15) is 0 Å². The van der Waals surface area contributed by atoms with Crippen molar-refractivity contribution in [3.05, 3.63) is 34.9 Å². The fourth-order valence-corrected chi connectivity index (χ4v) is 4.14. The van der Waals surface area contributed by atoms with E-state index in [-0.39, 0.29) is 11.8 Å². The van der Waals surface area contributed by atoms with Crippen LogP contribution in [0.3, 0.4) is 0 Å². The average Bonchev–Trinajstić information content (AvgIpc) is 3.05. The number of halogens is 1. The van der Waals surface area contributed by atoms with Gasteiger partial charge in [0.25, 0.3) is 0 Å². The van der Waals surface area contributed by atoms with Gasteiger partial charge in [0.2, 0.25) is 11.0 Å². The van der Waals surface area contributed by atoms with Gasteiger partial charge in [-0.15, -0.1) is 10.2 Å². The molecule has 5 nitrogen and oxygen atoms in total. The fourth-order valence-electron chi connectivity index (χ4n) is 2.77. The lowest BCUT2D eigenvalue weighted by atomic mass is 9.95. The lowest BCUT2D eigenvalue weighted by Crippen LogP contribution is -2.37. The second-order valence-corrected chi connectivity index (χ2v) is 8.15. The summed E-state index contributed by atoms with van der Waals surface area (Å²) in [5.41, 5.74) is 1.14. The molecular weight excluding hydrogens is 364 g/mol. The highest BCUT2D eigenvalue weighted by atomic mass is 35.5. The molecule has 128 valence electrons. The molecule has 1 aromatic heterocycles. The number of nitrogens with zero attached hydrogens (tertiary/aromatic N) is 3. The molecule has 0 saturated carbocycles. The number of hydrogen-bond donors (Lipinski definition) is 1. The van der Waals surface area contributed by atoms with Crippen LogP contribution in [0.2, 0.25) is 5.02 Å². The molecule has 0 unspecified atom stereocenters. The average molecular weight is 383 g/mol. The number of piperidine rings is 1. The number of benzene rings is 1. The quantitative estimate of drug-likeness (QED) is 0.630. The molecule has 1 N–H and O–H groups in total. The molecule has 0 radical (unpaired) electrons. The van der Waals surface area contributed by atoms with Crippen molar-refractivity contribution in [2.24, 2.45) is 5.92 Å². The van der Waals surface area contributed by atoms with Crippen LogP contribution in [0.1, 0.15) is 18.4 Å². The summed E-state index contributed by atoms with van der Waals surface area (Å²) in [6, 6.07) is 7.92. The van der Waals surface area contributed by atoms with Crippen molar-refractivity contribution >= 4 is 45.7 Å². The van der Waals surface area contributed by atoms with E-state index in [0.29, 0.717) is 5.13 Å². The highest BCUT2D eigenvalue weighted by molar-refractivity contribution is 8.00. The van der Waals surface area contributed by atoms with Crippen molar-refractivity contribution in [1.29, 1.82) is 0 Å². The molecule has 1 fully saturated rings. The number of carbonyl (C=O) groups excluding carboxylic acids is 1. The van der Waals surface area contributed by atoms with E-state index in [0.717, 1.165) is 47.4 Å². The van der Waals surface area contributed by atoms with Gasteiger partial charge in [0, 0.05) is 17.5 Å². The number of amides is 1. The Labute approximate surface area is 154 Å². The number of anilines is 1. The van der Waals surface area contributed by atoms with Crippen LogP contribution in [0.4, 0.5) is 5.13 Å². The summed E-state index contributed by atoms with van der Waals surface area (Å²) < 4.78 is 0.861. The number of thioether (sulfide) groups is 1. The van der Waals surface area contributed by atoms with Gasteiger partial charge >= 0.3 is 0 Å². The van der Waals surface area contributed by atoms with E-state index in [1.807, 2.05) is 24.5 Å². The molecule has 8 heteroatoms. The van der Waals surface area contributed by atoms with E-state index < -0.39 is 0 Å². The Morgan fingerprint density at radius 3 is 2.79 bits per heavy atom. The van der Waals surface area contributed by atoms with Crippen LogP contribution >= 0.6 is 34.7 Å². The molecule has 1 saturated heterocycles. The second kappa shape index (κ2) is 8.29. The lowest BCUT2D eigenvalue weighted by Gasteiger charge is -2.31. The first-order chi connectivity index (χ1) is 11.7. The van der Waals surface area contributed by atoms with E-state index in [9.17, 15) is 4.79 Å². The third-order valence-corrected chi connectivity index (χ3v) is 6.30. The molecule has 1 aliphatic rings. The van der Waals surface area contributed by atoms with Gasteiger partial charge in [-0.2, -0.15) is 0 Å². The Morgan fingerprint density at radius 1 is 1.38 bits per heavy atom. The molecule has 0 atom stereocenters. The third-order valence-electron chi connectivity index (χ3n) is 4.12. The van der Waals surface area contributed by atoms with Gasteiger partial charge in [-0.1, -0.05) is 52.9 Å². The maximum Gasteiger partial charge on any atom is 0.229 e. The highest BCUT2D eigenvalue weighted by Gasteiger charge is 2.26. The predicted molar refractivity (Wildman–Crippen MR) is 99.8 cm³/mol. The van der Waals surface area contributed by atoms with Gasteiger partial charge < -0.3 is 5.32 Å². The van der Waals surface area contributed by atoms with Crippen molar-refractivity contribution < 1.29 is 4.79 Å². The zero-order chi connectivity index (χ0) is 16.9. The molecule has 1 aromatic carbocycles. The molecule has 1 amide bonds. The predicted octanol–water partition coefficient (Wildman–Crippen LogP) is 3.76. The van der Waals surface area contributed by atoms with Gasteiger partial charge in [-0.3, -0.25) is 9.69 Å². The van der Waals surface area contributed by atoms with Gasteiger partial charge in [0.05, 0.1) is 0 Å². The van der Waals surface area contributed by atoms with Crippen molar-refractivity contribution in [2.45, 2.75) is 23.7 Å². The van der Waals surface area contributed by atoms with Crippen LogP contribution in [-0.4, -0.2) is 40.3 Å². The van der Waals surface area contributed by atoms with Gasteiger partial charge in [-0.25, -0.2) is 0 Å². The molecule has 1 aliphatic heterocycles. The monoisotopic (exact) mass is 382 g/mol. The largest absolute Gasteiger partial charge is 0.300 e. The summed E-state index contributed by atoms with van der Waals surface area (Å²) in [5.74, 6) is 0.0883. The standard InChI is InChI=1S/C16H19ClN4OS2/c1-23-16-20-19-15(24-16)18-14(22)11-6-8-21(9-7-11)10-12-4-2-3-5-13(12)17/h2-5,11H,6-10H2,1H3,(H,18,19,22). The van der Waals surface area contributed by atoms with Gasteiger partial charge in [0.15, 0.2) is 4.34 Å². The minimum atomic E-state index is 0.0362. The molecule has 0 spiro atoms. The van der Waals surface area contributed by atoms with Crippen LogP contribution in [0, 0.1) is 5.92 Å². The summed E-state index contributed by atoms with van der Waals surface area (Å²) in [7, 11) is 0. The highest BCUT2D eigenvalue weighted by Crippen LogP contribution is 2.26.